The Labute approximate surface area is 141 Å². The van der Waals surface area contributed by atoms with Crippen molar-refractivity contribution in [1.29, 1.82) is 0 Å². The van der Waals surface area contributed by atoms with Crippen molar-refractivity contribution in [2.24, 2.45) is 5.92 Å². The fraction of sp³-hybridized carbons (Fsp3) is 0.611. The molecule has 2 amide bonds. The largest absolute Gasteiger partial charge is 0.369 e. The highest BCUT2D eigenvalue weighted by atomic mass is 16.5. The van der Waals surface area contributed by atoms with Gasteiger partial charge in [0.15, 0.2) is 6.10 Å². The molecule has 0 bridgehead atoms. The van der Waals surface area contributed by atoms with Gasteiger partial charge in [-0.05, 0) is 43.7 Å². The van der Waals surface area contributed by atoms with Crippen LogP contribution in [0.2, 0.25) is 0 Å². The fourth-order valence-corrected chi connectivity index (χ4v) is 4.12. The van der Waals surface area contributed by atoms with Gasteiger partial charge in [0.25, 0.3) is 11.8 Å². The Morgan fingerprint density at radius 1 is 1.29 bits per heavy atom. The Morgan fingerprint density at radius 2 is 1.96 bits per heavy atom. The Hall–Kier alpha value is -1.95. The topological polar surface area (TPSA) is 62.7 Å². The SMILES string of the molecule is COC1C(=O)N(CC2CC2)C12CCN(C(=O)c1ccncc1)CC2. The number of hydrogen-bond donors (Lipinski definition) is 0. The van der Waals surface area contributed by atoms with Gasteiger partial charge in [-0.25, -0.2) is 0 Å². The van der Waals surface area contributed by atoms with Crippen molar-refractivity contribution in [1.82, 2.24) is 14.8 Å². The molecule has 2 saturated heterocycles. The van der Waals surface area contributed by atoms with E-state index in [9.17, 15) is 9.59 Å². The summed E-state index contributed by atoms with van der Waals surface area (Å²) in [6.07, 6.45) is 6.98. The third-order valence-corrected chi connectivity index (χ3v) is 5.73. The molecular weight excluding hydrogens is 306 g/mol. The normalized spacial score (nSPS) is 25.7. The summed E-state index contributed by atoms with van der Waals surface area (Å²) in [6, 6.07) is 3.49. The van der Waals surface area contributed by atoms with Crippen LogP contribution in [0, 0.1) is 5.92 Å². The quantitative estimate of drug-likeness (QED) is 0.782. The second-order valence-corrected chi connectivity index (χ2v) is 7.14. The van der Waals surface area contributed by atoms with Gasteiger partial charge in [-0.3, -0.25) is 14.6 Å². The number of carbonyl (C=O) groups is 2. The van der Waals surface area contributed by atoms with E-state index < -0.39 is 0 Å². The molecule has 3 heterocycles. The summed E-state index contributed by atoms with van der Waals surface area (Å²) in [5.41, 5.74) is 0.465. The fourth-order valence-electron chi connectivity index (χ4n) is 4.12. The van der Waals surface area contributed by atoms with Gasteiger partial charge in [-0.2, -0.15) is 0 Å². The van der Waals surface area contributed by atoms with Gasteiger partial charge in [-0.1, -0.05) is 0 Å². The minimum Gasteiger partial charge on any atom is -0.369 e. The molecule has 3 aliphatic rings. The lowest BCUT2D eigenvalue weighted by atomic mass is 9.72. The first-order chi connectivity index (χ1) is 11.7. The second kappa shape index (κ2) is 5.84. The highest BCUT2D eigenvalue weighted by Gasteiger charge is 2.61. The first-order valence-corrected chi connectivity index (χ1v) is 8.69. The van der Waals surface area contributed by atoms with Crippen molar-refractivity contribution in [2.75, 3.05) is 26.7 Å². The number of aromatic nitrogens is 1. The predicted octanol–water partition coefficient (Wildman–Crippen LogP) is 1.32. The van der Waals surface area contributed by atoms with Crippen LogP contribution < -0.4 is 0 Å². The van der Waals surface area contributed by atoms with Crippen LogP contribution in [0.4, 0.5) is 0 Å². The molecule has 1 atom stereocenters. The van der Waals surface area contributed by atoms with E-state index in [0.717, 1.165) is 19.4 Å². The first kappa shape index (κ1) is 15.6. The summed E-state index contributed by atoms with van der Waals surface area (Å²) in [5, 5.41) is 0. The molecule has 2 aliphatic heterocycles. The van der Waals surface area contributed by atoms with Crippen LogP contribution in [0.1, 0.15) is 36.0 Å². The zero-order valence-corrected chi connectivity index (χ0v) is 14.0. The third kappa shape index (κ3) is 2.40. The minimum absolute atomic E-state index is 0.0422. The highest BCUT2D eigenvalue weighted by Crippen LogP contribution is 2.45. The van der Waals surface area contributed by atoms with Gasteiger partial charge in [0.1, 0.15) is 0 Å². The number of ether oxygens (including phenoxy) is 1. The van der Waals surface area contributed by atoms with Crippen LogP contribution >= 0.6 is 0 Å². The number of hydrogen-bond acceptors (Lipinski definition) is 4. The maximum Gasteiger partial charge on any atom is 0.254 e. The van der Waals surface area contributed by atoms with Crippen LogP contribution in [0.15, 0.2) is 24.5 Å². The molecule has 0 aromatic carbocycles. The van der Waals surface area contributed by atoms with Crippen molar-refractivity contribution in [2.45, 2.75) is 37.3 Å². The van der Waals surface area contributed by atoms with Crippen molar-refractivity contribution in [3.05, 3.63) is 30.1 Å². The molecule has 4 rings (SSSR count). The maximum absolute atomic E-state index is 12.6. The number of amides is 2. The third-order valence-electron chi connectivity index (χ3n) is 5.73. The lowest BCUT2D eigenvalue weighted by Crippen LogP contribution is -2.77. The molecule has 0 radical (unpaired) electrons. The van der Waals surface area contributed by atoms with Gasteiger partial charge in [0.05, 0.1) is 5.54 Å². The van der Waals surface area contributed by atoms with Crippen LogP contribution in [0.3, 0.4) is 0 Å². The predicted molar refractivity (Wildman–Crippen MR) is 87.3 cm³/mol. The number of methoxy groups -OCH3 is 1. The summed E-state index contributed by atoms with van der Waals surface area (Å²) in [5.74, 6) is 0.832. The van der Waals surface area contributed by atoms with E-state index in [-0.39, 0.29) is 23.5 Å². The van der Waals surface area contributed by atoms with E-state index in [1.165, 1.54) is 12.8 Å². The standard InChI is InChI=1S/C18H23N3O3/c1-24-15-17(23)21(12-13-2-3-13)18(15)6-10-20(11-7-18)16(22)14-4-8-19-9-5-14/h4-5,8-9,13,15H,2-3,6-7,10-12H2,1H3. The van der Waals surface area contributed by atoms with E-state index in [2.05, 4.69) is 4.98 Å². The van der Waals surface area contributed by atoms with Crippen LogP contribution in [0.5, 0.6) is 0 Å². The molecule has 1 aromatic heterocycles. The number of piperidine rings is 1. The van der Waals surface area contributed by atoms with Gasteiger partial charge in [-0.15, -0.1) is 0 Å². The summed E-state index contributed by atoms with van der Waals surface area (Å²) in [6.45, 7) is 2.18. The lowest BCUT2D eigenvalue weighted by Gasteiger charge is -2.59. The molecular formula is C18H23N3O3. The van der Waals surface area contributed by atoms with E-state index >= 15 is 0 Å². The molecule has 6 heteroatoms. The minimum atomic E-state index is -0.338. The first-order valence-electron chi connectivity index (χ1n) is 8.69. The van der Waals surface area contributed by atoms with Crippen LogP contribution in [0.25, 0.3) is 0 Å². The number of likely N-dealkylation sites (tertiary alicyclic amines) is 2. The maximum atomic E-state index is 12.6. The van der Waals surface area contributed by atoms with Crippen molar-refractivity contribution in [3.8, 4) is 0 Å². The molecule has 0 N–H and O–H groups in total. The number of carbonyl (C=O) groups excluding carboxylic acids is 2. The Morgan fingerprint density at radius 3 is 2.54 bits per heavy atom. The zero-order chi connectivity index (χ0) is 16.7. The van der Waals surface area contributed by atoms with Crippen LogP contribution in [-0.2, 0) is 9.53 Å². The summed E-state index contributed by atoms with van der Waals surface area (Å²) in [4.78, 5) is 32.8. The average Bonchev–Trinajstić information content (AvgIpc) is 3.45. The Balaban J connectivity index is 1.45. The van der Waals surface area contributed by atoms with Crippen molar-refractivity contribution >= 4 is 11.8 Å². The van der Waals surface area contributed by atoms with Gasteiger partial charge in [0, 0.05) is 44.7 Å². The van der Waals surface area contributed by atoms with Gasteiger partial charge >= 0.3 is 0 Å². The van der Waals surface area contributed by atoms with Gasteiger partial charge in [0.2, 0.25) is 0 Å². The van der Waals surface area contributed by atoms with Crippen LogP contribution in [-0.4, -0.2) is 65.0 Å². The second-order valence-electron chi connectivity index (χ2n) is 7.14. The number of pyridine rings is 1. The Kier molecular flexibility index (Phi) is 3.79. The smallest absolute Gasteiger partial charge is 0.254 e. The molecule has 1 aromatic rings. The van der Waals surface area contributed by atoms with E-state index in [1.807, 2.05) is 9.80 Å². The Bertz CT molecular complexity index is 636. The van der Waals surface area contributed by atoms with Crippen molar-refractivity contribution in [3.63, 3.8) is 0 Å². The van der Waals surface area contributed by atoms with Gasteiger partial charge < -0.3 is 14.5 Å². The zero-order valence-electron chi connectivity index (χ0n) is 14.0. The molecule has 1 spiro atoms. The molecule has 1 unspecified atom stereocenters. The average molecular weight is 329 g/mol. The van der Waals surface area contributed by atoms with Crippen molar-refractivity contribution < 1.29 is 14.3 Å². The highest BCUT2D eigenvalue weighted by molar-refractivity contribution is 5.94. The molecule has 128 valence electrons. The summed E-state index contributed by atoms with van der Waals surface area (Å²) < 4.78 is 5.50. The number of β-lactam (4-membered cyclic amide) rings is 1. The lowest BCUT2D eigenvalue weighted by molar-refractivity contribution is -0.198. The summed E-state index contributed by atoms with van der Waals surface area (Å²) in [7, 11) is 1.62. The molecule has 6 nitrogen and oxygen atoms in total. The molecule has 24 heavy (non-hydrogen) atoms. The number of nitrogens with zero attached hydrogens (tertiary/aromatic N) is 3. The molecule has 1 saturated carbocycles. The monoisotopic (exact) mass is 329 g/mol. The molecule has 1 aliphatic carbocycles. The van der Waals surface area contributed by atoms with E-state index in [0.29, 0.717) is 24.6 Å². The number of rotatable bonds is 4. The van der Waals surface area contributed by atoms with E-state index in [1.54, 1.807) is 31.6 Å². The van der Waals surface area contributed by atoms with E-state index in [4.69, 9.17) is 4.74 Å². The molecule has 3 fully saturated rings. The summed E-state index contributed by atoms with van der Waals surface area (Å²) >= 11 is 0.